The molecule has 22 heavy (non-hydrogen) atoms. The average molecular weight is 308 g/mol. The second kappa shape index (κ2) is 9.95. The molecule has 122 valence electrons. The quantitative estimate of drug-likeness (QED) is 0.518. The molecule has 0 radical (unpaired) electrons. The summed E-state index contributed by atoms with van der Waals surface area (Å²) in [5.74, 6) is -0.475. The van der Waals surface area contributed by atoms with Gasteiger partial charge in [0.05, 0.1) is 24.3 Å². The van der Waals surface area contributed by atoms with Gasteiger partial charge >= 0.3 is 11.9 Å². The first-order valence-corrected chi connectivity index (χ1v) is 7.48. The number of esters is 2. The van der Waals surface area contributed by atoms with Crippen LogP contribution in [0.5, 0.6) is 0 Å². The van der Waals surface area contributed by atoms with E-state index >= 15 is 0 Å². The molecule has 0 heterocycles. The van der Waals surface area contributed by atoms with Crippen molar-refractivity contribution in [2.75, 3.05) is 26.9 Å². The van der Waals surface area contributed by atoms with Gasteiger partial charge in [-0.15, -0.1) is 0 Å². The molecule has 0 aromatic heterocycles. The Morgan fingerprint density at radius 1 is 0.955 bits per heavy atom. The van der Waals surface area contributed by atoms with Crippen LogP contribution in [0.1, 0.15) is 47.4 Å². The molecule has 0 fully saturated rings. The molecular weight excluding hydrogens is 284 g/mol. The van der Waals surface area contributed by atoms with E-state index in [1.54, 1.807) is 24.3 Å². The van der Waals surface area contributed by atoms with Crippen LogP contribution in [0.2, 0.25) is 0 Å². The van der Waals surface area contributed by atoms with Gasteiger partial charge in [0.15, 0.2) is 0 Å². The van der Waals surface area contributed by atoms with E-state index in [4.69, 9.17) is 14.2 Å². The van der Waals surface area contributed by atoms with E-state index in [9.17, 15) is 9.59 Å². The van der Waals surface area contributed by atoms with Crippen molar-refractivity contribution in [3.8, 4) is 0 Å². The Bertz CT molecular complexity index is 482. The van der Waals surface area contributed by atoms with Crippen molar-refractivity contribution in [1.29, 1.82) is 0 Å². The van der Waals surface area contributed by atoms with Crippen molar-refractivity contribution >= 4 is 11.9 Å². The maximum atomic E-state index is 12.1. The second-order valence-electron chi connectivity index (χ2n) is 5.35. The highest BCUT2D eigenvalue weighted by atomic mass is 16.6. The van der Waals surface area contributed by atoms with Gasteiger partial charge in [0, 0.05) is 7.11 Å². The first kappa shape index (κ1) is 18.2. The molecule has 1 rings (SSSR count). The number of carbonyl (C=O) groups excluding carboxylic acids is 2. The lowest BCUT2D eigenvalue weighted by atomic mass is 10.1. The van der Waals surface area contributed by atoms with Crippen LogP contribution in [0.3, 0.4) is 0 Å². The fraction of sp³-hybridized carbons (Fsp3) is 0.529. The fourth-order valence-electron chi connectivity index (χ4n) is 1.87. The predicted molar refractivity (Wildman–Crippen MR) is 83.0 cm³/mol. The van der Waals surface area contributed by atoms with E-state index in [2.05, 4.69) is 13.8 Å². The number of hydrogen-bond acceptors (Lipinski definition) is 5. The van der Waals surface area contributed by atoms with Crippen LogP contribution in [-0.2, 0) is 14.2 Å². The molecule has 5 heteroatoms. The molecule has 1 aromatic rings. The Labute approximate surface area is 131 Å². The highest BCUT2D eigenvalue weighted by Crippen LogP contribution is 2.13. The summed E-state index contributed by atoms with van der Waals surface area (Å²) < 4.78 is 15.1. The van der Waals surface area contributed by atoms with Crippen LogP contribution >= 0.6 is 0 Å². The van der Waals surface area contributed by atoms with Crippen molar-refractivity contribution in [3.05, 3.63) is 35.4 Å². The monoisotopic (exact) mass is 308 g/mol. The Morgan fingerprint density at radius 2 is 1.50 bits per heavy atom. The SMILES string of the molecule is COCCOC(=O)c1ccccc1C(=O)OCCCC(C)C. The third-order valence-electron chi connectivity index (χ3n) is 3.05. The Hall–Kier alpha value is -1.88. The molecular formula is C17H24O5. The van der Waals surface area contributed by atoms with Gasteiger partial charge in [0.1, 0.15) is 6.61 Å². The largest absolute Gasteiger partial charge is 0.462 e. The van der Waals surface area contributed by atoms with Crippen LogP contribution in [0.15, 0.2) is 24.3 Å². The van der Waals surface area contributed by atoms with Gasteiger partial charge in [-0.2, -0.15) is 0 Å². The van der Waals surface area contributed by atoms with Crippen LogP contribution in [0.25, 0.3) is 0 Å². The molecule has 0 atom stereocenters. The molecule has 0 unspecified atom stereocenters. The van der Waals surface area contributed by atoms with E-state index in [0.717, 1.165) is 12.8 Å². The van der Waals surface area contributed by atoms with Crippen LogP contribution in [0.4, 0.5) is 0 Å². The number of benzene rings is 1. The number of ether oxygens (including phenoxy) is 3. The molecule has 0 aliphatic heterocycles. The average Bonchev–Trinajstić information content (AvgIpc) is 2.51. The molecule has 0 bridgehead atoms. The summed E-state index contributed by atoms with van der Waals surface area (Å²) in [6, 6.07) is 6.50. The summed E-state index contributed by atoms with van der Waals surface area (Å²) in [6.07, 6.45) is 1.80. The smallest absolute Gasteiger partial charge is 0.339 e. The summed E-state index contributed by atoms with van der Waals surface area (Å²) in [5.41, 5.74) is 0.446. The zero-order valence-corrected chi connectivity index (χ0v) is 13.5. The van der Waals surface area contributed by atoms with E-state index in [1.807, 2.05) is 0 Å². The maximum Gasteiger partial charge on any atom is 0.339 e. The molecule has 0 aliphatic carbocycles. The van der Waals surface area contributed by atoms with Gasteiger partial charge in [-0.05, 0) is 30.9 Å². The van der Waals surface area contributed by atoms with E-state index in [1.165, 1.54) is 7.11 Å². The highest BCUT2D eigenvalue weighted by molar-refractivity contribution is 6.03. The fourth-order valence-corrected chi connectivity index (χ4v) is 1.87. The molecule has 0 spiro atoms. The lowest BCUT2D eigenvalue weighted by Gasteiger charge is -2.10. The number of rotatable bonds is 9. The van der Waals surface area contributed by atoms with E-state index in [0.29, 0.717) is 19.1 Å². The summed E-state index contributed by atoms with van der Waals surface area (Å²) in [4.78, 5) is 24.1. The molecule has 0 N–H and O–H groups in total. The third-order valence-corrected chi connectivity index (χ3v) is 3.05. The molecule has 0 amide bonds. The molecule has 5 nitrogen and oxygen atoms in total. The summed E-state index contributed by atoms with van der Waals surface area (Å²) in [6.45, 7) is 5.05. The lowest BCUT2D eigenvalue weighted by molar-refractivity contribution is 0.0371. The third kappa shape index (κ3) is 6.26. The van der Waals surface area contributed by atoms with Gasteiger partial charge in [-0.25, -0.2) is 9.59 Å². The maximum absolute atomic E-state index is 12.1. The summed E-state index contributed by atoms with van der Waals surface area (Å²) >= 11 is 0. The van der Waals surface area contributed by atoms with Gasteiger partial charge in [-0.3, -0.25) is 0 Å². The number of hydrogen-bond donors (Lipinski definition) is 0. The van der Waals surface area contributed by atoms with Gasteiger partial charge in [0.2, 0.25) is 0 Å². The van der Waals surface area contributed by atoms with E-state index in [-0.39, 0.29) is 17.7 Å². The van der Waals surface area contributed by atoms with Gasteiger partial charge < -0.3 is 14.2 Å². The number of carbonyl (C=O) groups is 2. The Balaban J connectivity index is 2.62. The van der Waals surface area contributed by atoms with Gasteiger partial charge in [-0.1, -0.05) is 26.0 Å². The molecule has 0 aliphatic rings. The van der Waals surface area contributed by atoms with E-state index < -0.39 is 11.9 Å². The Morgan fingerprint density at radius 3 is 2.00 bits per heavy atom. The second-order valence-corrected chi connectivity index (χ2v) is 5.35. The van der Waals surface area contributed by atoms with Crippen molar-refractivity contribution in [2.24, 2.45) is 5.92 Å². The van der Waals surface area contributed by atoms with Crippen molar-refractivity contribution in [3.63, 3.8) is 0 Å². The van der Waals surface area contributed by atoms with Crippen LogP contribution in [0, 0.1) is 5.92 Å². The Kier molecular flexibility index (Phi) is 8.22. The minimum atomic E-state index is -0.549. The predicted octanol–water partition coefficient (Wildman–Crippen LogP) is 3.08. The highest BCUT2D eigenvalue weighted by Gasteiger charge is 2.18. The zero-order chi connectivity index (χ0) is 16.4. The minimum absolute atomic E-state index is 0.146. The zero-order valence-electron chi connectivity index (χ0n) is 13.5. The van der Waals surface area contributed by atoms with Gasteiger partial charge in [0.25, 0.3) is 0 Å². The normalized spacial score (nSPS) is 10.5. The molecule has 1 aromatic carbocycles. The van der Waals surface area contributed by atoms with Crippen LogP contribution in [-0.4, -0.2) is 38.9 Å². The van der Waals surface area contributed by atoms with Crippen molar-refractivity contribution in [2.45, 2.75) is 26.7 Å². The minimum Gasteiger partial charge on any atom is -0.462 e. The topological polar surface area (TPSA) is 61.8 Å². The van der Waals surface area contributed by atoms with Crippen molar-refractivity contribution < 1.29 is 23.8 Å². The first-order valence-electron chi connectivity index (χ1n) is 7.48. The number of methoxy groups -OCH3 is 1. The molecule has 0 saturated carbocycles. The molecule has 0 saturated heterocycles. The lowest BCUT2D eigenvalue weighted by Crippen LogP contribution is -2.16. The first-order chi connectivity index (χ1) is 10.6. The van der Waals surface area contributed by atoms with Crippen molar-refractivity contribution in [1.82, 2.24) is 0 Å². The summed E-state index contributed by atoms with van der Waals surface area (Å²) in [5, 5.41) is 0. The summed E-state index contributed by atoms with van der Waals surface area (Å²) in [7, 11) is 1.52. The standard InChI is InChI=1S/C17H24O5/c1-13(2)7-6-10-21-16(18)14-8-4-5-9-15(14)17(19)22-12-11-20-3/h4-5,8-9,13H,6-7,10-12H2,1-3H3. The van der Waals surface area contributed by atoms with Crippen LogP contribution < -0.4 is 0 Å².